The van der Waals surface area contributed by atoms with Crippen LogP contribution in [0.5, 0.6) is 0 Å². The van der Waals surface area contributed by atoms with Gasteiger partial charge in [0.15, 0.2) is 5.69 Å². The summed E-state index contributed by atoms with van der Waals surface area (Å²) in [6.45, 7) is 0.586. The lowest BCUT2D eigenvalue weighted by molar-refractivity contribution is 0.0691. The molecule has 3 rings (SSSR count). The van der Waals surface area contributed by atoms with Crippen LogP contribution >= 0.6 is 0 Å². The van der Waals surface area contributed by atoms with E-state index in [9.17, 15) is 14.7 Å². The van der Waals surface area contributed by atoms with Crippen molar-refractivity contribution in [3.63, 3.8) is 0 Å². The number of nitrogens with zero attached hydrogens (tertiary/aromatic N) is 2. The predicted molar refractivity (Wildman–Crippen MR) is 92.5 cm³/mol. The lowest BCUT2D eigenvalue weighted by Gasteiger charge is -2.32. The first kappa shape index (κ1) is 17.0. The highest BCUT2D eigenvalue weighted by molar-refractivity contribution is 5.98. The topological polar surface area (TPSA) is 79.7 Å². The van der Waals surface area contributed by atoms with E-state index in [1.54, 1.807) is 12.1 Å². The Labute approximate surface area is 146 Å². The average Bonchev–Trinajstić information content (AvgIpc) is 2.60. The summed E-state index contributed by atoms with van der Waals surface area (Å²) in [5, 5.41) is 9.37. The van der Waals surface area contributed by atoms with Crippen LogP contribution in [-0.2, 0) is 11.3 Å². The second kappa shape index (κ2) is 7.79. The summed E-state index contributed by atoms with van der Waals surface area (Å²) in [7, 11) is 0. The summed E-state index contributed by atoms with van der Waals surface area (Å²) in [4.78, 5) is 29.4. The molecule has 0 aliphatic heterocycles. The first-order valence-electron chi connectivity index (χ1n) is 8.31. The number of amides is 1. The molecule has 6 nitrogen and oxygen atoms in total. The number of anilines is 1. The van der Waals surface area contributed by atoms with Crippen LogP contribution in [0, 0.1) is 5.92 Å². The van der Waals surface area contributed by atoms with Crippen LogP contribution < -0.4 is 4.90 Å². The zero-order valence-corrected chi connectivity index (χ0v) is 13.8. The Hall–Kier alpha value is -2.89. The van der Waals surface area contributed by atoms with E-state index < -0.39 is 12.1 Å². The Kier molecular flexibility index (Phi) is 5.28. The average molecular weight is 340 g/mol. The second-order valence-electron chi connectivity index (χ2n) is 6.12. The number of carboxylic acids is 1. The third-order valence-corrected chi connectivity index (χ3v) is 4.37. The van der Waals surface area contributed by atoms with Crippen molar-refractivity contribution >= 4 is 17.7 Å². The van der Waals surface area contributed by atoms with Gasteiger partial charge in [0.05, 0.1) is 5.69 Å². The number of carbonyl (C=O) groups is 2. The molecule has 0 saturated heterocycles. The highest BCUT2D eigenvalue weighted by Crippen LogP contribution is 2.30. The quantitative estimate of drug-likeness (QED) is 0.867. The summed E-state index contributed by atoms with van der Waals surface area (Å²) in [5.41, 5.74) is 1.02. The Balaban J connectivity index is 1.79. The number of ether oxygens (including phenoxy) is 1. The summed E-state index contributed by atoms with van der Waals surface area (Å²) in [6.07, 6.45) is 4.06. The van der Waals surface area contributed by atoms with Gasteiger partial charge in [-0.2, -0.15) is 0 Å². The van der Waals surface area contributed by atoms with Crippen molar-refractivity contribution < 1.29 is 19.4 Å². The van der Waals surface area contributed by atoms with Gasteiger partial charge >= 0.3 is 12.1 Å². The first-order valence-corrected chi connectivity index (χ1v) is 8.31. The van der Waals surface area contributed by atoms with Gasteiger partial charge in [0, 0.05) is 12.7 Å². The van der Waals surface area contributed by atoms with Gasteiger partial charge in [-0.05, 0) is 36.5 Å². The van der Waals surface area contributed by atoms with Crippen LogP contribution in [0.1, 0.15) is 35.3 Å². The molecule has 1 N–H and O–H groups in total. The number of pyridine rings is 1. The van der Waals surface area contributed by atoms with Crippen molar-refractivity contribution in [3.05, 3.63) is 59.9 Å². The standard InChI is InChI=1S/C19H20N2O4/c22-18(23)17-16(10-5-11-20-17)21(12-14-8-4-9-14)19(24)25-13-15-6-2-1-3-7-15/h1-3,5-7,10-11,14H,4,8-9,12-13H2,(H,22,23). The van der Waals surface area contributed by atoms with Crippen LogP contribution in [0.15, 0.2) is 48.7 Å². The van der Waals surface area contributed by atoms with Crippen LogP contribution in [0.4, 0.5) is 10.5 Å². The van der Waals surface area contributed by atoms with Gasteiger partial charge in [0.25, 0.3) is 0 Å². The van der Waals surface area contributed by atoms with Gasteiger partial charge < -0.3 is 9.84 Å². The monoisotopic (exact) mass is 340 g/mol. The summed E-state index contributed by atoms with van der Waals surface area (Å²) < 4.78 is 5.42. The van der Waals surface area contributed by atoms with E-state index in [0.29, 0.717) is 12.5 Å². The molecule has 1 aromatic carbocycles. The molecule has 1 heterocycles. The number of aromatic nitrogens is 1. The number of hydrogen-bond acceptors (Lipinski definition) is 4. The summed E-state index contributed by atoms with van der Waals surface area (Å²) in [6, 6.07) is 12.6. The molecule has 25 heavy (non-hydrogen) atoms. The van der Waals surface area contributed by atoms with Crippen molar-refractivity contribution in [1.82, 2.24) is 4.98 Å². The molecule has 1 fully saturated rings. The largest absolute Gasteiger partial charge is 0.476 e. The van der Waals surface area contributed by atoms with Crippen molar-refractivity contribution in [2.45, 2.75) is 25.9 Å². The molecule has 1 aliphatic rings. The lowest BCUT2D eigenvalue weighted by Crippen LogP contribution is -2.39. The van der Waals surface area contributed by atoms with E-state index in [1.807, 2.05) is 30.3 Å². The third kappa shape index (κ3) is 4.15. The van der Waals surface area contributed by atoms with Crippen molar-refractivity contribution in [2.24, 2.45) is 5.92 Å². The molecule has 1 amide bonds. The summed E-state index contributed by atoms with van der Waals surface area (Å²) in [5.74, 6) is -0.795. The van der Waals surface area contributed by atoms with Crippen molar-refractivity contribution in [1.29, 1.82) is 0 Å². The molecule has 1 aromatic heterocycles. The highest BCUT2D eigenvalue weighted by atomic mass is 16.6. The molecule has 1 saturated carbocycles. The van der Waals surface area contributed by atoms with Crippen LogP contribution in [-0.4, -0.2) is 28.7 Å². The molecule has 1 aliphatic carbocycles. The molecule has 0 bridgehead atoms. The van der Waals surface area contributed by atoms with Gasteiger partial charge in [-0.25, -0.2) is 14.6 Å². The fourth-order valence-electron chi connectivity index (χ4n) is 2.78. The van der Waals surface area contributed by atoms with Crippen molar-refractivity contribution in [3.8, 4) is 0 Å². The van der Waals surface area contributed by atoms with Gasteiger partial charge in [0.1, 0.15) is 6.61 Å². The smallest absolute Gasteiger partial charge is 0.414 e. The highest BCUT2D eigenvalue weighted by Gasteiger charge is 2.29. The van der Waals surface area contributed by atoms with Gasteiger partial charge in [-0.3, -0.25) is 4.90 Å². The van der Waals surface area contributed by atoms with E-state index in [2.05, 4.69) is 4.98 Å². The fourth-order valence-corrected chi connectivity index (χ4v) is 2.78. The Bertz CT molecular complexity index is 744. The minimum Gasteiger partial charge on any atom is -0.476 e. The van der Waals surface area contributed by atoms with E-state index in [-0.39, 0.29) is 18.0 Å². The number of aromatic carboxylic acids is 1. The molecule has 0 unspecified atom stereocenters. The van der Waals surface area contributed by atoms with Crippen molar-refractivity contribution in [2.75, 3.05) is 11.4 Å². The van der Waals surface area contributed by atoms with E-state index in [1.165, 1.54) is 11.1 Å². The lowest BCUT2D eigenvalue weighted by atomic mass is 9.85. The predicted octanol–water partition coefficient (Wildman–Crippen LogP) is 3.72. The molecule has 0 spiro atoms. The molecule has 130 valence electrons. The number of rotatable bonds is 6. The number of benzene rings is 1. The molecule has 0 atom stereocenters. The summed E-state index contributed by atoms with van der Waals surface area (Å²) >= 11 is 0. The van der Waals surface area contributed by atoms with Gasteiger partial charge in [0.2, 0.25) is 0 Å². The minimum atomic E-state index is -1.16. The number of carboxylic acid groups (broad SMARTS) is 1. The maximum Gasteiger partial charge on any atom is 0.414 e. The van der Waals surface area contributed by atoms with Crippen LogP contribution in [0.25, 0.3) is 0 Å². The molecular weight excluding hydrogens is 320 g/mol. The Morgan fingerprint density at radius 1 is 1.16 bits per heavy atom. The van der Waals surface area contributed by atoms with Crippen LogP contribution in [0.3, 0.4) is 0 Å². The Morgan fingerprint density at radius 3 is 2.56 bits per heavy atom. The zero-order chi connectivity index (χ0) is 17.6. The third-order valence-electron chi connectivity index (χ3n) is 4.37. The molecule has 0 radical (unpaired) electrons. The Morgan fingerprint density at radius 2 is 1.92 bits per heavy atom. The number of carbonyl (C=O) groups excluding carboxylic acids is 1. The van der Waals surface area contributed by atoms with Crippen LogP contribution in [0.2, 0.25) is 0 Å². The maximum atomic E-state index is 12.7. The molecule has 2 aromatic rings. The maximum absolute atomic E-state index is 12.7. The number of hydrogen-bond donors (Lipinski definition) is 1. The molecule has 6 heteroatoms. The van der Waals surface area contributed by atoms with Gasteiger partial charge in [-0.15, -0.1) is 0 Å². The normalized spacial score (nSPS) is 13.8. The van der Waals surface area contributed by atoms with E-state index >= 15 is 0 Å². The SMILES string of the molecule is O=C(O)c1ncccc1N(CC1CCC1)C(=O)OCc1ccccc1. The minimum absolute atomic E-state index is 0.140. The fraction of sp³-hybridized carbons (Fsp3) is 0.316. The zero-order valence-electron chi connectivity index (χ0n) is 13.8. The molecular formula is C19H20N2O4. The van der Waals surface area contributed by atoms with Gasteiger partial charge in [-0.1, -0.05) is 36.8 Å². The first-order chi connectivity index (χ1) is 12.1. The second-order valence-corrected chi connectivity index (χ2v) is 6.12. The van der Waals surface area contributed by atoms with E-state index in [4.69, 9.17) is 4.74 Å². The van der Waals surface area contributed by atoms with E-state index in [0.717, 1.165) is 24.8 Å².